The van der Waals surface area contributed by atoms with Crippen molar-refractivity contribution in [2.45, 2.75) is 24.7 Å². The fourth-order valence-electron chi connectivity index (χ4n) is 10.9. The lowest BCUT2D eigenvalue weighted by Gasteiger charge is -2.32. The Labute approximate surface area is 334 Å². The first-order chi connectivity index (χ1) is 28.0. The van der Waals surface area contributed by atoms with Crippen molar-refractivity contribution < 1.29 is 0 Å². The zero-order valence-electron chi connectivity index (χ0n) is 32.0. The van der Waals surface area contributed by atoms with Gasteiger partial charge in [0.15, 0.2) is 0 Å². The molecular formula is C56H39N. The summed E-state index contributed by atoms with van der Waals surface area (Å²) in [6.45, 7) is 4.78. The Balaban J connectivity index is 1.09. The van der Waals surface area contributed by atoms with Crippen LogP contribution in [0.25, 0.3) is 55.3 Å². The monoisotopic (exact) mass is 725 g/mol. The van der Waals surface area contributed by atoms with Crippen LogP contribution in [0.1, 0.15) is 47.2 Å². The molecule has 1 heteroatoms. The zero-order valence-corrected chi connectivity index (χ0v) is 32.0. The van der Waals surface area contributed by atoms with E-state index in [0.717, 1.165) is 17.1 Å². The smallest absolute Gasteiger partial charge is 0.0726 e. The molecule has 9 aromatic carbocycles. The van der Waals surface area contributed by atoms with Crippen molar-refractivity contribution in [2.24, 2.45) is 0 Å². The molecule has 57 heavy (non-hydrogen) atoms. The minimum Gasteiger partial charge on any atom is -0.310 e. The van der Waals surface area contributed by atoms with Gasteiger partial charge >= 0.3 is 0 Å². The Morgan fingerprint density at radius 2 is 0.877 bits per heavy atom. The van der Waals surface area contributed by atoms with Gasteiger partial charge in [0, 0.05) is 22.5 Å². The summed E-state index contributed by atoms with van der Waals surface area (Å²) in [5.74, 6) is 0. The van der Waals surface area contributed by atoms with Crippen LogP contribution >= 0.6 is 0 Å². The molecule has 3 aliphatic rings. The van der Waals surface area contributed by atoms with Gasteiger partial charge in [0.2, 0.25) is 0 Å². The van der Waals surface area contributed by atoms with Gasteiger partial charge in [-0.1, -0.05) is 172 Å². The van der Waals surface area contributed by atoms with Gasteiger partial charge in [0.1, 0.15) is 0 Å². The minimum absolute atomic E-state index is 0.120. The molecule has 0 unspecified atom stereocenters. The van der Waals surface area contributed by atoms with Gasteiger partial charge in [-0.15, -0.1) is 0 Å². The van der Waals surface area contributed by atoms with Crippen LogP contribution < -0.4 is 4.90 Å². The maximum Gasteiger partial charge on any atom is 0.0726 e. The molecule has 0 saturated heterocycles. The highest BCUT2D eigenvalue weighted by atomic mass is 15.1. The molecule has 0 aliphatic heterocycles. The van der Waals surface area contributed by atoms with Gasteiger partial charge in [-0.3, -0.25) is 0 Å². The van der Waals surface area contributed by atoms with Crippen LogP contribution in [-0.2, 0) is 10.8 Å². The minimum atomic E-state index is -0.412. The summed E-state index contributed by atoms with van der Waals surface area (Å²) in [5, 5.41) is 2.61. The molecule has 0 bridgehead atoms. The molecule has 0 N–H and O–H groups in total. The molecule has 0 saturated carbocycles. The third-order valence-electron chi connectivity index (χ3n) is 13.2. The third-order valence-corrected chi connectivity index (χ3v) is 13.2. The molecule has 3 aliphatic carbocycles. The highest BCUT2D eigenvalue weighted by molar-refractivity contribution is 6.05. The van der Waals surface area contributed by atoms with Crippen molar-refractivity contribution in [1.29, 1.82) is 0 Å². The average Bonchev–Trinajstić information content (AvgIpc) is 3.83. The first-order valence-electron chi connectivity index (χ1n) is 20.1. The normalized spacial score (nSPS) is 14.4. The lowest BCUT2D eigenvalue weighted by atomic mass is 9.70. The number of fused-ring (bicyclic) bond motifs is 15. The maximum atomic E-state index is 2.49. The molecule has 12 rings (SSSR count). The Morgan fingerprint density at radius 3 is 1.56 bits per heavy atom. The highest BCUT2D eigenvalue weighted by Crippen LogP contribution is 2.63. The topological polar surface area (TPSA) is 3.24 Å². The standard InChI is InChI=1S/C56H39N/c1-55(2)48-27-12-11-26-46(48)53-47(34-37-17-6-7-22-41(37)54(53)55)36-18-16-21-39(33-36)57(38-19-4-3-5-20-38)40-31-32-45-44-25-10-15-30-51(44)56(52(45)35-40)49-28-13-8-23-42(49)43-24-9-14-29-50(43)56/h3-35H,1-2H3. The second kappa shape index (κ2) is 11.8. The van der Waals surface area contributed by atoms with Crippen LogP contribution in [0.3, 0.4) is 0 Å². The SMILES string of the molecule is CC1(C)c2ccccc2-c2c(-c3cccc(N(c4ccccc4)c4ccc5c(c4)C4(c6ccccc6-c6ccccc64)c4ccccc4-5)c3)cc3ccccc3c21. The van der Waals surface area contributed by atoms with Gasteiger partial charge in [0.25, 0.3) is 0 Å². The van der Waals surface area contributed by atoms with E-state index in [0.29, 0.717) is 0 Å². The average molecular weight is 726 g/mol. The summed E-state index contributed by atoms with van der Waals surface area (Å²) in [6.07, 6.45) is 0. The van der Waals surface area contributed by atoms with Crippen LogP contribution in [0.5, 0.6) is 0 Å². The summed E-state index contributed by atoms with van der Waals surface area (Å²) in [6, 6.07) is 74.8. The quantitative estimate of drug-likeness (QED) is 0.175. The van der Waals surface area contributed by atoms with E-state index in [1.807, 2.05) is 0 Å². The Bertz CT molecular complexity index is 3050. The molecule has 0 radical (unpaired) electrons. The summed E-state index contributed by atoms with van der Waals surface area (Å²) in [4.78, 5) is 2.45. The second-order valence-electron chi connectivity index (χ2n) is 16.4. The second-order valence-corrected chi connectivity index (χ2v) is 16.4. The van der Waals surface area contributed by atoms with E-state index in [1.165, 1.54) is 88.7 Å². The van der Waals surface area contributed by atoms with Crippen molar-refractivity contribution >= 4 is 27.8 Å². The summed E-state index contributed by atoms with van der Waals surface area (Å²) >= 11 is 0. The number of hydrogen-bond donors (Lipinski definition) is 0. The number of para-hydroxylation sites is 1. The fourth-order valence-corrected chi connectivity index (χ4v) is 10.9. The summed E-state index contributed by atoms with van der Waals surface area (Å²) < 4.78 is 0. The van der Waals surface area contributed by atoms with E-state index in [1.54, 1.807) is 0 Å². The van der Waals surface area contributed by atoms with E-state index < -0.39 is 5.41 Å². The summed E-state index contributed by atoms with van der Waals surface area (Å²) in [7, 11) is 0. The zero-order chi connectivity index (χ0) is 37.9. The first kappa shape index (κ1) is 32.3. The van der Waals surface area contributed by atoms with Gasteiger partial charge in [0.05, 0.1) is 5.41 Å². The summed E-state index contributed by atoms with van der Waals surface area (Å²) in [5.41, 5.74) is 21.5. The molecule has 9 aromatic rings. The molecule has 268 valence electrons. The van der Waals surface area contributed by atoms with Crippen molar-refractivity contribution in [2.75, 3.05) is 4.90 Å². The fraction of sp³-hybridized carbons (Fsp3) is 0.0714. The lowest BCUT2D eigenvalue weighted by Crippen LogP contribution is -2.26. The van der Waals surface area contributed by atoms with E-state index >= 15 is 0 Å². The molecule has 1 spiro atoms. The van der Waals surface area contributed by atoms with Crippen LogP contribution in [0, 0.1) is 0 Å². The molecule has 0 heterocycles. The third kappa shape index (κ3) is 4.29. The van der Waals surface area contributed by atoms with Crippen molar-refractivity contribution in [3.63, 3.8) is 0 Å². The van der Waals surface area contributed by atoms with Gasteiger partial charge in [-0.05, 0) is 131 Å². The highest BCUT2D eigenvalue weighted by Gasteiger charge is 2.51. The molecule has 0 amide bonds. The first-order valence-corrected chi connectivity index (χ1v) is 20.1. The largest absolute Gasteiger partial charge is 0.310 e. The van der Waals surface area contributed by atoms with E-state index in [9.17, 15) is 0 Å². The van der Waals surface area contributed by atoms with Crippen LogP contribution in [-0.4, -0.2) is 0 Å². The van der Waals surface area contributed by atoms with E-state index in [-0.39, 0.29) is 5.41 Å². The number of hydrogen-bond acceptors (Lipinski definition) is 1. The lowest BCUT2D eigenvalue weighted by molar-refractivity contribution is 0.666. The molecule has 0 fully saturated rings. The molecule has 0 atom stereocenters. The van der Waals surface area contributed by atoms with Crippen molar-refractivity contribution in [3.8, 4) is 44.5 Å². The van der Waals surface area contributed by atoms with Crippen molar-refractivity contribution in [1.82, 2.24) is 0 Å². The van der Waals surface area contributed by atoms with Crippen LogP contribution in [0.2, 0.25) is 0 Å². The number of nitrogens with zero attached hydrogens (tertiary/aromatic N) is 1. The molecule has 1 nitrogen and oxygen atoms in total. The van der Waals surface area contributed by atoms with Gasteiger partial charge < -0.3 is 4.90 Å². The van der Waals surface area contributed by atoms with Gasteiger partial charge in [-0.25, -0.2) is 0 Å². The molecular weight excluding hydrogens is 687 g/mol. The predicted molar refractivity (Wildman–Crippen MR) is 238 cm³/mol. The van der Waals surface area contributed by atoms with Gasteiger partial charge in [-0.2, -0.15) is 0 Å². The molecule has 0 aromatic heterocycles. The number of anilines is 3. The Hall–Kier alpha value is -6.96. The van der Waals surface area contributed by atoms with E-state index in [4.69, 9.17) is 0 Å². The number of rotatable bonds is 4. The Kier molecular flexibility index (Phi) is 6.67. The van der Waals surface area contributed by atoms with Crippen LogP contribution in [0.15, 0.2) is 200 Å². The van der Waals surface area contributed by atoms with Crippen LogP contribution in [0.4, 0.5) is 17.1 Å². The van der Waals surface area contributed by atoms with E-state index in [2.05, 4.69) is 219 Å². The van der Waals surface area contributed by atoms with Crippen molar-refractivity contribution in [3.05, 3.63) is 234 Å². The Morgan fingerprint density at radius 1 is 0.351 bits per heavy atom. The number of benzene rings is 9. The maximum absolute atomic E-state index is 2.49. The predicted octanol–water partition coefficient (Wildman–Crippen LogP) is 14.6.